The fourth-order valence-corrected chi connectivity index (χ4v) is 3.41. The first kappa shape index (κ1) is 12.4. The lowest BCUT2D eigenvalue weighted by Gasteiger charge is -2.21. The maximum absolute atomic E-state index is 5.81. The quantitative estimate of drug-likeness (QED) is 0.719. The first-order valence-electron chi connectivity index (χ1n) is 7.09. The Bertz CT molecular complexity index is 207. The van der Waals surface area contributed by atoms with E-state index in [1.165, 1.54) is 25.7 Å². The molecule has 0 aromatic heterocycles. The lowest BCUT2D eigenvalue weighted by molar-refractivity contribution is 0.0540. The van der Waals surface area contributed by atoms with Crippen molar-refractivity contribution in [2.45, 2.75) is 58.6 Å². The summed E-state index contributed by atoms with van der Waals surface area (Å²) in [6.45, 7) is 8.55. The molecule has 2 fully saturated rings. The first-order valence-corrected chi connectivity index (χ1v) is 7.09. The normalized spacial score (nSPS) is 34.1. The molecule has 0 aromatic carbocycles. The fraction of sp³-hybridized carbons (Fsp3) is 1.00. The zero-order valence-corrected chi connectivity index (χ0v) is 11.0. The van der Waals surface area contributed by atoms with Gasteiger partial charge in [-0.05, 0) is 57.4 Å². The largest absolute Gasteiger partial charge is 0.377 e. The van der Waals surface area contributed by atoms with E-state index >= 15 is 0 Å². The molecule has 2 saturated carbocycles. The van der Waals surface area contributed by atoms with Gasteiger partial charge in [-0.3, -0.25) is 0 Å². The van der Waals surface area contributed by atoms with Gasteiger partial charge in [0.2, 0.25) is 0 Å². The summed E-state index contributed by atoms with van der Waals surface area (Å²) in [5.74, 6) is 2.99. The van der Waals surface area contributed by atoms with E-state index in [1.807, 2.05) is 0 Å². The number of fused-ring (bicyclic) bond motifs is 1. The van der Waals surface area contributed by atoms with Crippen molar-refractivity contribution < 1.29 is 4.74 Å². The van der Waals surface area contributed by atoms with Crippen molar-refractivity contribution in [3.8, 4) is 0 Å². The van der Waals surface area contributed by atoms with E-state index in [4.69, 9.17) is 4.74 Å². The Morgan fingerprint density at radius 3 is 2.50 bits per heavy atom. The summed E-state index contributed by atoms with van der Waals surface area (Å²) in [5, 5.41) is 3.69. The SMILES string of the molecule is CCCNC(COC(C)C)C1C2CCCC21. The molecule has 0 bridgehead atoms. The molecule has 0 amide bonds. The number of hydrogen-bond acceptors (Lipinski definition) is 2. The standard InChI is InChI=1S/C14H27NO/c1-4-8-15-13(9-16-10(2)3)14-11-6-5-7-12(11)14/h10-15H,4-9H2,1-3H3. The highest BCUT2D eigenvalue weighted by Crippen LogP contribution is 2.58. The predicted molar refractivity (Wildman–Crippen MR) is 67.5 cm³/mol. The van der Waals surface area contributed by atoms with E-state index in [2.05, 4.69) is 26.1 Å². The Morgan fingerprint density at radius 1 is 1.25 bits per heavy atom. The molecule has 3 unspecified atom stereocenters. The van der Waals surface area contributed by atoms with Crippen LogP contribution >= 0.6 is 0 Å². The maximum Gasteiger partial charge on any atom is 0.0626 e. The van der Waals surface area contributed by atoms with Crippen LogP contribution in [0.25, 0.3) is 0 Å². The molecule has 1 N–H and O–H groups in total. The summed E-state index contributed by atoms with van der Waals surface area (Å²) in [6, 6.07) is 0.623. The Balaban J connectivity index is 1.78. The van der Waals surface area contributed by atoms with E-state index in [-0.39, 0.29) is 0 Å². The van der Waals surface area contributed by atoms with Gasteiger partial charge < -0.3 is 10.1 Å². The van der Waals surface area contributed by atoms with Crippen molar-refractivity contribution in [1.82, 2.24) is 5.32 Å². The lowest BCUT2D eigenvalue weighted by Crippen LogP contribution is -2.38. The summed E-state index contributed by atoms with van der Waals surface area (Å²) in [5.41, 5.74) is 0. The summed E-state index contributed by atoms with van der Waals surface area (Å²) in [4.78, 5) is 0. The molecule has 2 rings (SSSR count). The molecule has 0 radical (unpaired) electrons. The van der Waals surface area contributed by atoms with Crippen LogP contribution in [0.3, 0.4) is 0 Å². The molecule has 0 saturated heterocycles. The molecule has 0 heterocycles. The summed E-state index contributed by atoms with van der Waals surface area (Å²) in [7, 11) is 0. The molecule has 0 aromatic rings. The van der Waals surface area contributed by atoms with Gasteiger partial charge in [0.1, 0.15) is 0 Å². The lowest BCUT2D eigenvalue weighted by atomic mass is 10.0. The van der Waals surface area contributed by atoms with Crippen LogP contribution in [-0.4, -0.2) is 25.3 Å². The third kappa shape index (κ3) is 2.78. The van der Waals surface area contributed by atoms with Crippen molar-refractivity contribution in [3.05, 3.63) is 0 Å². The van der Waals surface area contributed by atoms with Crippen LogP contribution in [0.15, 0.2) is 0 Å². The molecule has 0 spiro atoms. The molecular formula is C14H27NO. The highest BCUT2D eigenvalue weighted by atomic mass is 16.5. The van der Waals surface area contributed by atoms with E-state index in [9.17, 15) is 0 Å². The monoisotopic (exact) mass is 225 g/mol. The number of ether oxygens (including phenoxy) is 1. The van der Waals surface area contributed by atoms with Gasteiger partial charge in [0.05, 0.1) is 12.7 Å². The van der Waals surface area contributed by atoms with E-state index < -0.39 is 0 Å². The van der Waals surface area contributed by atoms with Crippen LogP contribution < -0.4 is 5.32 Å². The summed E-state index contributed by atoms with van der Waals surface area (Å²) < 4.78 is 5.81. The molecule has 3 atom stereocenters. The molecule has 2 aliphatic rings. The number of rotatable bonds is 7. The Hall–Kier alpha value is -0.0800. The average Bonchev–Trinajstić information content (AvgIpc) is 2.73. The van der Waals surface area contributed by atoms with Crippen molar-refractivity contribution in [2.24, 2.45) is 17.8 Å². The van der Waals surface area contributed by atoms with Crippen LogP contribution in [0, 0.1) is 17.8 Å². The van der Waals surface area contributed by atoms with Crippen LogP contribution in [0.2, 0.25) is 0 Å². The van der Waals surface area contributed by atoms with Crippen molar-refractivity contribution in [3.63, 3.8) is 0 Å². The third-order valence-corrected chi connectivity index (χ3v) is 4.20. The second-order valence-corrected chi connectivity index (χ2v) is 5.78. The van der Waals surface area contributed by atoms with Gasteiger partial charge in [-0.1, -0.05) is 13.3 Å². The van der Waals surface area contributed by atoms with Crippen LogP contribution in [0.5, 0.6) is 0 Å². The molecule has 94 valence electrons. The summed E-state index contributed by atoms with van der Waals surface area (Å²) in [6.07, 6.45) is 6.00. The molecule has 2 heteroatoms. The van der Waals surface area contributed by atoms with Gasteiger partial charge in [0, 0.05) is 6.04 Å². The van der Waals surface area contributed by atoms with Crippen LogP contribution in [-0.2, 0) is 4.74 Å². The highest BCUT2D eigenvalue weighted by molar-refractivity contribution is 5.06. The Labute approximate surface area is 100 Å². The van der Waals surface area contributed by atoms with Crippen LogP contribution in [0.1, 0.15) is 46.5 Å². The smallest absolute Gasteiger partial charge is 0.0626 e. The zero-order valence-electron chi connectivity index (χ0n) is 11.0. The maximum atomic E-state index is 5.81. The van der Waals surface area contributed by atoms with Gasteiger partial charge in [0.25, 0.3) is 0 Å². The Kier molecular flexibility index (Phi) is 4.26. The highest BCUT2D eigenvalue weighted by Gasteiger charge is 2.55. The Morgan fingerprint density at radius 2 is 1.94 bits per heavy atom. The van der Waals surface area contributed by atoms with Crippen LogP contribution in [0.4, 0.5) is 0 Å². The van der Waals surface area contributed by atoms with E-state index in [0.717, 1.165) is 30.9 Å². The third-order valence-electron chi connectivity index (χ3n) is 4.20. The molecule has 16 heavy (non-hydrogen) atoms. The van der Waals surface area contributed by atoms with Gasteiger partial charge in [0.15, 0.2) is 0 Å². The molecule has 2 nitrogen and oxygen atoms in total. The fourth-order valence-electron chi connectivity index (χ4n) is 3.41. The first-order chi connectivity index (χ1) is 7.74. The minimum absolute atomic E-state index is 0.365. The van der Waals surface area contributed by atoms with Crippen molar-refractivity contribution in [2.75, 3.05) is 13.2 Å². The second kappa shape index (κ2) is 5.50. The van der Waals surface area contributed by atoms with Crippen molar-refractivity contribution in [1.29, 1.82) is 0 Å². The minimum atomic E-state index is 0.365. The molecule has 0 aliphatic heterocycles. The number of hydrogen-bond donors (Lipinski definition) is 1. The minimum Gasteiger partial charge on any atom is -0.377 e. The second-order valence-electron chi connectivity index (χ2n) is 5.78. The topological polar surface area (TPSA) is 21.3 Å². The van der Waals surface area contributed by atoms with Crippen molar-refractivity contribution >= 4 is 0 Å². The predicted octanol–water partition coefficient (Wildman–Crippen LogP) is 2.83. The van der Waals surface area contributed by atoms with Gasteiger partial charge in [-0.25, -0.2) is 0 Å². The number of nitrogens with one attached hydrogen (secondary N) is 1. The van der Waals surface area contributed by atoms with Gasteiger partial charge in [-0.15, -0.1) is 0 Å². The zero-order chi connectivity index (χ0) is 11.5. The van der Waals surface area contributed by atoms with E-state index in [1.54, 1.807) is 0 Å². The van der Waals surface area contributed by atoms with E-state index in [0.29, 0.717) is 12.1 Å². The summed E-state index contributed by atoms with van der Waals surface area (Å²) >= 11 is 0. The van der Waals surface area contributed by atoms with Gasteiger partial charge >= 0.3 is 0 Å². The van der Waals surface area contributed by atoms with Gasteiger partial charge in [-0.2, -0.15) is 0 Å². The average molecular weight is 225 g/mol. The molecule has 2 aliphatic carbocycles. The molecular weight excluding hydrogens is 198 g/mol.